The van der Waals surface area contributed by atoms with Crippen molar-refractivity contribution in [1.82, 2.24) is 9.88 Å². The van der Waals surface area contributed by atoms with Crippen LogP contribution in [0.4, 0.5) is 0 Å². The molecule has 96 valence electrons. The summed E-state index contributed by atoms with van der Waals surface area (Å²) >= 11 is 6.71. The average Bonchev–Trinajstić information content (AvgIpc) is 2.52. The quantitative estimate of drug-likeness (QED) is 0.808. The zero-order valence-electron chi connectivity index (χ0n) is 11.0. The van der Waals surface area contributed by atoms with Gasteiger partial charge in [-0.3, -0.25) is 4.90 Å². The smallest absolute Gasteiger partial charge is 0.107 e. The number of aryl methyl sites for hydroxylation is 2. The molecule has 3 nitrogen and oxygen atoms in total. The van der Waals surface area contributed by atoms with E-state index < -0.39 is 0 Å². The van der Waals surface area contributed by atoms with Gasteiger partial charge in [-0.2, -0.15) is 0 Å². The molecule has 1 rings (SSSR count). The molecule has 1 aromatic heterocycles. The second kappa shape index (κ2) is 6.42. The lowest BCUT2D eigenvalue weighted by molar-refractivity contribution is 0.219. The van der Waals surface area contributed by atoms with Crippen molar-refractivity contribution in [2.45, 2.75) is 46.7 Å². The Labute approximate surface area is 113 Å². The molecule has 1 aromatic rings. The fraction of sp³-hybridized carbons (Fsp3) is 0.667. The summed E-state index contributed by atoms with van der Waals surface area (Å²) in [6, 6.07) is 0.480. The third kappa shape index (κ3) is 4.69. The fourth-order valence-corrected chi connectivity index (χ4v) is 2.61. The molecule has 0 amide bonds. The van der Waals surface area contributed by atoms with E-state index in [1.165, 1.54) is 9.88 Å². The van der Waals surface area contributed by atoms with Crippen molar-refractivity contribution in [3.8, 4) is 0 Å². The van der Waals surface area contributed by atoms with Gasteiger partial charge in [0, 0.05) is 23.9 Å². The molecule has 17 heavy (non-hydrogen) atoms. The van der Waals surface area contributed by atoms with Gasteiger partial charge < -0.3 is 5.73 Å². The number of thiazole rings is 1. The third-order valence-electron chi connectivity index (χ3n) is 2.79. The number of thiocarbonyl (C=S) groups is 1. The molecule has 0 atom stereocenters. The van der Waals surface area contributed by atoms with Crippen LogP contribution in [-0.2, 0) is 6.54 Å². The Bertz CT molecular complexity index is 366. The van der Waals surface area contributed by atoms with Crippen molar-refractivity contribution in [3.05, 3.63) is 15.6 Å². The summed E-state index contributed by atoms with van der Waals surface area (Å²) < 4.78 is 0. The topological polar surface area (TPSA) is 42.2 Å². The zero-order chi connectivity index (χ0) is 13.0. The zero-order valence-corrected chi connectivity index (χ0v) is 12.6. The summed E-state index contributed by atoms with van der Waals surface area (Å²) in [4.78, 5) is 8.82. The van der Waals surface area contributed by atoms with Gasteiger partial charge in [0.25, 0.3) is 0 Å². The first-order valence-corrected chi connectivity index (χ1v) is 7.08. The minimum atomic E-state index is 0.480. The van der Waals surface area contributed by atoms with E-state index in [-0.39, 0.29) is 0 Å². The first-order valence-electron chi connectivity index (χ1n) is 5.85. The minimum Gasteiger partial charge on any atom is -0.393 e. The number of aromatic nitrogens is 1. The maximum Gasteiger partial charge on any atom is 0.107 e. The Morgan fingerprint density at radius 2 is 2.12 bits per heavy atom. The summed E-state index contributed by atoms with van der Waals surface area (Å²) in [6.07, 6.45) is 0.775. The van der Waals surface area contributed by atoms with Crippen LogP contribution in [0.5, 0.6) is 0 Å². The fourth-order valence-electron chi connectivity index (χ4n) is 1.55. The Balaban J connectivity index is 2.63. The lowest BCUT2D eigenvalue weighted by Crippen LogP contribution is -2.33. The first kappa shape index (κ1) is 14.5. The molecule has 0 aliphatic heterocycles. The molecule has 5 heteroatoms. The van der Waals surface area contributed by atoms with Gasteiger partial charge >= 0.3 is 0 Å². The normalized spacial score (nSPS) is 11.4. The van der Waals surface area contributed by atoms with Crippen molar-refractivity contribution in [1.29, 1.82) is 0 Å². The molecule has 2 N–H and O–H groups in total. The van der Waals surface area contributed by atoms with E-state index in [0.717, 1.165) is 25.2 Å². The van der Waals surface area contributed by atoms with E-state index in [4.69, 9.17) is 18.0 Å². The molecule has 0 aliphatic rings. The van der Waals surface area contributed by atoms with Crippen LogP contribution in [0.15, 0.2) is 0 Å². The highest BCUT2D eigenvalue weighted by Gasteiger charge is 2.13. The Hall–Kier alpha value is -0.520. The average molecular weight is 271 g/mol. The van der Waals surface area contributed by atoms with Crippen molar-refractivity contribution in [2.24, 2.45) is 5.73 Å². The number of nitrogens with zero attached hydrogens (tertiary/aromatic N) is 2. The summed E-state index contributed by atoms with van der Waals surface area (Å²) in [7, 11) is 0. The second-order valence-electron chi connectivity index (χ2n) is 4.53. The molecule has 0 unspecified atom stereocenters. The maximum absolute atomic E-state index is 5.55. The molecule has 0 spiro atoms. The number of hydrogen-bond acceptors (Lipinski definition) is 4. The van der Waals surface area contributed by atoms with Gasteiger partial charge in [0.1, 0.15) is 5.01 Å². The van der Waals surface area contributed by atoms with Crippen molar-refractivity contribution >= 4 is 28.5 Å². The van der Waals surface area contributed by atoms with Gasteiger partial charge in [0.05, 0.1) is 17.2 Å². The van der Waals surface area contributed by atoms with Crippen LogP contribution in [0.2, 0.25) is 0 Å². The van der Waals surface area contributed by atoms with Gasteiger partial charge in [0.15, 0.2) is 0 Å². The monoisotopic (exact) mass is 271 g/mol. The van der Waals surface area contributed by atoms with Crippen LogP contribution in [-0.4, -0.2) is 27.5 Å². The van der Waals surface area contributed by atoms with Crippen LogP contribution < -0.4 is 5.73 Å². The lowest BCUT2D eigenvalue weighted by atomic mass is 10.3. The van der Waals surface area contributed by atoms with E-state index in [0.29, 0.717) is 11.0 Å². The van der Waals surface area contributed by atoms with Crippen LogP contribution in [0.3, 0.4) is 0 Å². The molecule has 1 heterocycles. The largest absolute Gasteiger partial charge is 0.393 e. The van der Waals surface area contributed by atoms with Crippen molar-refractivity contribution in [3.63, 3.8) is 0 Å². The molecule has 0 bridgehead atoms. The number of hydrogen-bond donors (Lipinski definition) is 1. The molecule has 0 aromatic carbocycles. The van der Waals surface area contributed by atoms with E-state index in [2.05, 4.69) is 37.6 Å². The molecule has 0 saturated heterocycles. The van der Waals surface area contributed by atoms with Crippen LogP contribution in [0.1, 0.15) is 35.8 Å². The molecule has 0 saturated carbocycles. The molecular weight excluding hydrogens is 250 g/mol. The Kier molecular flexibility index (Phi) is 5.49. The molecule has 0 radical (unpaired) electrons. The predicted molar refractivity (Wildman–Crippen MR) is 78.5 cm³/mol. The summed E-state index contributed by atoms with van der Waals surface area (Å²) in [5.74, 6) is 0. The van der Waals surface area contributed by atoms with Gasteiger partial charge in [-0.25, -0.2) is 4.98 Å². The van der Waals surface area contributed by atoms with Crippen molar-refractivity contribution < 1.29 is 0 Å². The SMILES string of the molecule is Cc1nc(CN(CCC(N)=S)C(C)C)sc1C. The summed E-state index contributed by atoms with van der Waals surface area (Å²) in [5.41, 5.74) is 6.70. The minimum absolute atomic E-state index is 0.480. The predicted octanol–water partition coefficient (Wildman–Crippen LogP) is 2.65. The van der Waals surface area contributed by atoms with Crippen LogP contribution in [0.25, 0.3) is 0 Å². The lowest BCUT2D eigenvalue weighted by Gasteiger charge is -2.25. The highest BCUT2D eigenvalue weighted by atomic mass is 32.1. The first-order chi connectivity index (χ1) is 7.90. The van der Waals surface area contributed by atoms with Gasteiger partial charge in [-0.05, 0) is 27.7 Å². The molecule has 0 aliphatic carbocycles. The Morgan fingerprint density at radius 1 is 1.47 bits per heavy atom. The number of rotatable bonds is 6. The van der Waals surface area contributed by atoms with E-state index in [1.54, 1.807) is 11.3 Å². The van der Waals surface area contributed by atoms with Gasteiger partial charge in [-0.15, -0.1) is 11.3 Å². The van der Waals surface area contributed by atoms with E-state index in [9.17, 15) is 0 Å². The third-order valence-corrected chi connectivity index (χ3v) is 4.05. The van der Waals surface area contributed by atoms with Crippen molar-refractivity contribution in [2.75, 3.05) is 6.54 Å². The van der Waals surface area contributed by atoms with Gasteiger partial charge in [-0.1, -0.05) is 12.2 Å². The van der Waals surface area contributed by atoms with Crippen LogP contribution in [0, 0.1) is 13.8 Å². The van der Waals surface area contributed by atoms with E-state index >= 15 is 0 Å². The maximum atomic E-state index is 5.55. The molecule has 0 fully saturated rings. The standard InChI is InChI=1S/C12H21N3S2/c1-8(2)15(6-5-11(13)16)7-12-14-9(3)10(4)17-12/h8H,5-7H2,1-4H3,(H2,13,16). The second-order valence-corrected chi connectivity index (χ2v) is 6.34. The highest BCUT2D eigenvalue weighted by molar-refractivity contribution is 7.80. The van der Waals surface area contributed by atoms with Crippen LogP contribution >= 0.6 is 23.6 Å². The van der Waals surface area contributed by atoms with Gasteiger partial charge in [0.2, 0.25) is 0 Å². The summed E-state index contributed by atoms with van der Waals surface area (Å²) in [5, 5.41) is 1.18. The number of nitrogens with two attached hydrogens (primary N) is 1. The molecular formula is C12H21N3S2. The Morgan fingerprint density at radius 3 is 2.53 bits per heavy atom. The summed E-state index contributed by atoms with van der Waals surface area (Å²) in [6.45, 7) is 10.3. The van der Waals surface area contributed by atoms with E-state index in [1.807, 2.05) is 0 Å². The highest BCUT2D eigenvalue weighted by Crippen LogP contribution is 2.19.